The van der Waals surface area contributed by atoms with Crippen molar-refractivity contribution in [2.75, 3.05) is 38.6 Å². The van der Waals surface area contributed by atoms with Crippen LogP contribution in [0.2, 0.25) is 0 Å². The first-order valence-corrected chi connectivity index (χ1v) is 15.7. The largest absolute Gasteiger partial charge is 0.431 e. The molecular formula is C35H33F3N8O2. The van der Waals surface area contributed by atoms with Gasteiger partial charge in [0.15, 0.2) is 5.82 Å². The molecule has 0 bridgehead atoms. The summed E-state index contributed by atoms with van der Waals surface area (Å²) in [6.45, 7) is 5.13. The number of carbonyl (C=O) groups excluding carboxylic acids is 1. The Morgan fingerprint density at radius 1 is 1.12 bits per heavy atom. The van der Waals surface area contributed by atoms with Gasteiger partial charge in [-0.3, -0.25) is 14.2 Å². The fourth-order valence-corrected chi connectivity index (χ4v) is 7.13. The molecule has 3 aromatic heterocycles. The maximum absolute atomic E-state index is 15.0. The molecule has 0 saturated carbocycles. The zero-order valence-electron chi connectivity index (χ0n) is 26.5. The molecule has 0 radical (unpaired) electrons. The predicted octanol–water partition coefficient (Wildman–Crippen LogP) is 5.29. The van der Waals surface area contributed by atoms with Crippen LogP contribution in [0.1, 0.15) is 31.0 Å². The Morgan fingerprint density at radius 3 is 2.58 bits per heavy atom. The number of rotatable bonds is 6. The summed E-state index contributed by atoms with van der Waals surface area (Å²) in [6, 6.07) is 14.6. The standard InChI is InChI=1S/C35H33F3N8O2/c1-4-29(47)44-15-13-23(16-22(44)12-14-39)45-20-40-31-32(45)26-17-28(35(36,37)38)46(27-11-7-9-21-8-5-6-10-25(21)27)34(48)30(26)41-33(31)43-18-24(19-43)42(2)3/h4-11,17,20,22-24H,1,12-13,15-16,18-19H2,2-3H3. The Balaban J connectivity index is 1.49. The van der Waals surface area contributed by atoms with Crippen molar-refractivity contribution < 1.29 is 18.0 Å². The van der Waals surface area contributed by atoms with Crippen LogP contribution < -0.4 is 10.5 Å². The molecule has 0 spiro atoms. The molecule has 1 amide bonds. The minimum absolute atomic E-state index is 0.0474. The number of pyridine rings is 2. The quantitative estimate of drug-likeness (QED) is 0.229. The van der Waals surface area contributed by atoms with Gasteiger partial charge in [0.25, 0.3) is 5.56 Å². The van der Waals surface area contributed by atoms with Crippen LogP contribution in [0, 0.1) is 11.3 Å². The van der Waals surface area contributed by atoms with Crippen molar-refractivity contribution in [2.24, 2.45) is 0 Å². The number of amides is 1. The summed E-state index contributed by atoms with van der Waals surface area (Å²) >= 11 is 0. The third kappa shape index (κ3) is 5.07. The van der Waals surface area contributed by atoms with E-state index in [2.05, 4.69) is 17.5 Å². The first-order valence-electron chi connectivity index (χ1n) is 15.7. The van der Waals surface area contributed by atoms with Gasteiger partial charge in [0.1, 0.15) is 16.7 Å². The van der Waals surface area contributed by atoms with Crippen LogP contribution in [0.3, 0.4) is 0 Å². The summed E-state index contributed by atoms with van der Waals surface area (Å²) in [6.07, 6.45) is -1.15. The summed E-state index contributed by atoms with van der Waals surface area (Å²) < 4.78 is 47.6. The van der Waals surface area contributed by atoms with Crippen LogP contribution in [0.5, 0.6) is 0 Å². The van der Waals surface area contributed by atoms with Gasteiger partial charge in [-0.15, -0.1) is 0 Å². The number of fused-ring (bicyclic) bond motifs is 4. The lowest BCUT2D eigenvalue weighted by Crippen LogP contribution is -2.57. The molecule has 0 N–H and O–H groups in total. The molecule has 2 saturated heterocycles. The van der Waals surface area contributed by atoms with E-state index in [0.29, 0.717) is 60.1 Å². The lowest BCUT2D eigenvalue weighted by molar-refractivity contribution is -0.142. The van der Waals surface area contributed by atoms with Crippen molar-refractivity contribution in [3.05, 3.63) is 83.6 Å². The van der Waals surface area contributed by atoms with E-state index in [-0.39, 0.29) is 41.0 Å². The van der Waals surface area contributed by atoms with Crippen LogP contribution in [0.25, 0.3) is 38.4 Å². The van der Waals surface area contributed by atoms with Gasteiger partial charge in [-0.25, -0.2) is 9.97 Å². The number of likely N-dealkylation sites (N-methyl/N-ethyl adjacent to an activating group) is 1. The number of nitrogens with zero attached hydrogens (tertiary/aromatic N) is 8. The Labute approximate surface area is 273 Å². The number of hydrogen-bond donors (Lipinski definition) is 0. The van der Waals surface area contributed by atoms with Gasteiger partial charge in [0.2, 0.25) is 5.91 Å². The Hall–Kier alpha value is -5.22. The van der Waals surface area contributed by atoms with Crippen LogP contribution in [0.15, 0.2) is 72.3 Å². The van der Waals surface area contributed by atoms with E-state index in [1.54, 1.807) is 47.6 Å². The normalized spacial score (nSPS) is 18.9. The third-order valence-corrected chi connectivity index (χ3v) is 9.72. The number of hydrogen-bond acceptors (Lipinski definition) is 7. The van der Waals surface area contributed by atoms with E-state index in [0.717, 1.165) is 10.6 Å². The van der Waals surface area contributed by atoms with E-state index in [1.807, 2.05) is 23.6 Å². The highest BCUT2D eigenvalue weighted by Gasteiger charge is 2.39. The maximum atomic E-state index is 15.0. The molecule has 10 nitrogen and oxygen atoms in total. The zero-order chi connectivity index (χ0) is 33.9. The van der Waals surface area contributed by atoms with Gasteiger partial charge in [-0.05, 0) is 50.5 Å². The molecule has 48 heavy (non-hydrogen) atoms. The van der Waals surface area contributed by atoms with Crippen molar-refractivity contribution in [2.45, 2.75) is 43.6 Å². The van der Waals surface area contributed by atoms with E-state index < -0.39 is 23.5 Å². The van der Waals surface area contributed by atoms with E-state index in [9.17, 15) is 14.9 Å². The zero-order valence-corrected chi connectivity index (χ0v) is 26.5. The second-order valence-electron chi connectivity index (χ2n) is 12.7. The fourth-order valence-electron chi connectivity index (χ4n) is 7.13. The number of aromatic nitrogens is 4. The Bertz CT molecular complexity index is 2190. The number of imidazole rings is 1. The topological polar surface area (TPSA) is 103 Å². The molecule has 2 aliphatic rings. The van der Waals surface area contributed by atoms with Crippen molar-refractivity contribution in [1.82, 2.24) is 28.9 Å². The summed E-state index contributed by atoms with van der Waals surface area (Å²) in [7, 11) is 3.95. The molecular weight excluding hydrogens is 621 g/mol. The van der Waals surface area contributed by atoms with Crippen LogP contribution in [-0.4, -0.2) is 80.6 Å². The smallest absolute Gasteiger partial charge is 0.351 e. The monoisotopic (exact) mass is 654 g/mol. The molecule has 0 aliphatic carbocycles. The van der Waals surface area contributed by atoms with Crippen LogP contribution >= 0.6 is 0 Å². The van der Waals surface area contributed by atoms with Gasteiger partial charge in [0, 0.05) is 48.5 Å². The second kappa shape index (κ2) is 11.8. The van der Waals surface area contributed by atoms with Gasteiger partial charge < -0.3 is 19.3 Å². The average Bonchev–Trinajstić information content (AvgIpc) is 3.49. The molecule has 13 heteroatoms. The molecule has 5 aromatic rings. The van der Waals surface area contributed by atoms with Gasteiger partial charge in [-0.1, -0.05) is 43.0 Å². The number of anilines is 1. The Morgan fingerprint density at radius 2 is 1.88 bits per heavy atom. The van der Waals surface area contributed by atoms with Crippen LogP contribution in [0.4, 0.5) is 19.0 Å². The minimum Gasteiger partial charge on any atom is -0.351 e. The van der Waals surface area contributed by atoms with Gasteiger partial charge in [0.05, 0.1) is 30.0 Å². The lowest BCUT2D eigenvalue weighted by Gasteiger charge is -2.43. The van der Waals surface area contributed by atoms with Crippen molar-refractivity contribution >= 4 is 44.4 Å². The highest BCUT2D eigenvalue weighted by molar-refractivity contribution is 6.07. The van der Waals surface area contributed by atoms with Crippen molar-refractivity contribution in [1.29, 1.82) is 5.26 Å². The number of alkyl halides is 3. The summed E-state index contributed by atoms with van der Waals surface area (Å²) in [5.41, 5.74) is -1.21. The highest BCUT2D eigenvalue weighted by Crippen LogP contribution is 2.40. The van der Waals surface area contributed by atoms with Crippen LogP contribution in [-0.2, 0) is 11.0 Å². The molecule has 2 fully saturated rings. The SMILES string of the molecule is C=CC(=O)N1CCC(n2cnc3c(N4CC(N(C)C)C4)nc4c(=O)n(-c5cccc6ccccc56)c(C(F)(F)F)cc4c32)CC1CC#N. The highest BCUT2D eigenvalue weighted by atomic mass is 19.4. The first kappa shape index (κ1) is 31.4. The second-order valence-corrected chi connectivity index (χ2v) is 12.7. The van der Waals surface area contributed by atoms with E-state index in [4.69, 9.17) is 9.97 Å². The number of carbonyl (C=O) groups is 1. The number of likely N-dealkylation sites (tertiary alicyclic amines) is 1. The lowest BCUT2D eigenvalue weighted by atomic mass is 9.94. The molecule has 2 atom stereocenters. The van der Waals surface area contributed by atoms with E-state index in [1.165, 1.54) is 12.1 Å². The number of piperidine rings is 1. The molecule has 246 valence electrons. The molecule has 7 rings (SSSR count). The molecule has 2 aromatic carbocycles. The molecule has 5 heterocycles. The van der Waals surface area contributed by atoms with Gasteiger partial charge >= 0.3 is 6.18 Å². The first-order chi connectivity index (χ1) is 23.0. The van der Waals surface area contributed by atoms with Crippen molar-refractivity contribution in [3.63, 3.8) is 0 Å². The minimum atomic E-state index is -4.88. The van der Waals surface area contributed by atoms with Gasteiger partial charge in [-0.2, -0.15) is 18.4 Å². The Kier molecular flexibility index (Phi) is 7.71. The number of benzene rings is 2. The summed E-state index contributed by atoms with van der Waals surface area (Å²) in [5, 5.41) is 10.8. The number of nitriles is 1. The summed E-state index contributed by atoms with van der Waals surface area (Å²) in [4.78, 5) is 42.2. The third-order valence-electron chi connectivity index (χ3n) is 9.72. The predicted molar refractivity (Wildman–Crippen MR) is 177 cm³/mol. The molecule has 2 aliphatic heterocycles. The van der Waals surface area contributed by atoms with Crippen molar-refractivity contribution in [3.8, 4) is 11.8 Å². The van der Waals surface area contributed by atoms with E-state index >= 15 is 13.2 Å². The number of halogens is 3. The maximum Gasteiger partial charge on any atom is 0.431 e. The average molecular weight is 655 g/mol. The summed E-state index contributed by atoms with van der Waals surface area (Å²) in [5.74, 6) is 0.154. The molecule has 2 unspecified atom stereocenters. The fraction of sp³-hybridized carbons (Fsp3) is 0.343.